The van der Waals surface area contributed by atoms with Gasteiger partial charge in [0.1, 0.15) is 17.4 Å². The third kappa shape index (κ3) is 5.11. The van der Waals surface area contributed by atoms with Crippen LogP contribution in [-0.4, -0.2) is 48.5 Å². The van der Waals surface area contributed by atoms with E-state index in [9.17, 15) is 27.5 Å². The third-order valence-electron chi connectivity index (χ3n) is 5.83. The minimum absolute atomic E-state index is 0.213. The second-order valence-corrected chi connectivity index (χ2v) is 8.85. The zero-order valence-electron chi connectivity index (χ0n) is 19.2. The van der Waals surface area contributed by atoms with Gasteiger partial charge in [-0.15, -0.1) is 0 Å². The Kier molecular flexibility index (Phi) is 6.84. The molecular formula is C24H27F4N3O3. The monoisotopic (exact) mass is 481 g/mol. The molecule has 0 fully saturated rings. The number of alkyl halides is 3. The minimum Gasteiger partial charge on any atom is -0.496 e. The predicted molar refractivity (Wildman–Crippen MR) is 122 cm³/mol. The topological polar surface area (TPSA) is 86.4 Å². The molecule has 3 rings (SSSR count). The average molecular weight is 481 g/mol. The van der Waals surface area contributed by atoms with Crippen molar-refractivity contribution in [1.82, 2.24) is 10.3 Å². The van der Waals surface area contributed by atoms with Gasteiger partial charge in [0.15, 0.2) is 5.60 Å². The number of aromatic amines is 1. The molecule has 0 aliphatic carbocycles. The number of rotatable bonds is 8. The summed E-state index contributed by atoms with van der Waals surface area (Å²) in [5, 5.41) is 16.5. The third-order valence-corrected chi connectivity index (χ3v) is 5.83. The molecule has 0 radical (unpaired) electrons. The Morgan fingerprint density at radius 2 is 1.82 bits per heavy atom. The largest absolute Gasteiger partial charge is 0.496 e. The second-order valence-electron chi connectivity index (χ2n) is 8.85. The maximum atomic E-state index is 14.1. The quantitative estimate of drug-likeness (QED) is 0.350. The number of aromatic nitrogens is 1. The summed E-state index contributed by atoms with van der Waals surface area (Å²) in [4.78, 5) is 14.8. The highest BCUT2D eigenvalue weighted by Gasteiger charge is 2.56. The molecule has 0 saturated carbocycles. The number of aliphatic hydroxyl groups is 1. The van der Waals surface area contributed by atoms with Crippen molar-refractivity contribution in [2.45, 2.75) is 37.5 Å². The van der Waals surface area contributed by atoms with Gasteiger partial charge in [-0.1, -0.05) is 13.8 Å². The number of benzene rings is 2. The van der Waals surface area contributed by atoms with Crippen LogP contribution in [0.2, 0.25) is 0 Å². The Bertz CT molecular complexity index is 1190. The molecule has 1 heterocycles. The first-order chi connectivity index (χ1) is 15.8. The highest BCUT2D eigenvalue weighted by Crippen LogP contribution is 2.43. The molecule has 10 heteroatoms. The van der Waals surface area contributed by atoms with E-state index in [1.807, 2.05) is 0 Å². The van der Waals surface area contributed by atoms with Crippen LogP contribution in [0.5, 0.6) is 5.75 Å². The summed E-state index contributed by atoms with van der Waals surface area (Å²) in [5.41, 5.74) is -3.21. The van der Waals surface area contributed by atoms with E-state index in [-0.39, 0.29) is 23.0 Å². The fourth-order valence-corrected chi connectivity index (χ4v) is 4.05. The number of hydrogen-bond acceptors (Lipinski definition) is 4. The molecule has 0 saturated heterocycles. The SMILES string of the molecule is CNC(=O)c1ccc2[nH]c(NCC(O)(CC(C)(C)c3cc(F)ccc3OC)C(F)(F)F)cc2c1. The number of halogens is 4. The van der Waals surface area contributed by atoms with E-state index in [1.165, 1.54) is 34.1 Å². The number of carbonyl (C=O) groups is 1. The summed E-state index contributed by atoms with van der Waals surface area (Å²) in [6.45, 7) is 2.13. The molecular weight excluding hydrogens is 454 g/mol. The molecule has 6 nitrogen and oxygen atoms in total. The number of hydrogen-bond donors (Lipinski definition) is 4. The number of carbonyl (C=O) groups excluding carboxylic acids is 1. The van der Waals surface area contributed by atoms with Crippen molar-refractivity contribution in [1.29, 1.82) is 0 Å². The van der Waals surface area contributed by atoms with Crippen molar-refractivity contribution in [3.8, 4) is 5.75 Å². The van der Waals surface area contributed by atoms with E-state index in [2.05, 4.69) is 15.6 Å². The van der Waals surface area contributed by atoms with Gasteiger partial charge < -0.3 is 25.5 Å². The van der Waals surface area contributed by atoms with Crippen molar-refractivity contribution >= 4 is 22.6 Å². The Balaban J connectivity index is 1.87. The zero-order valence-corrected chi connectivity index (χ0v) is 19.2. The first kappa shape index (κ1) is 25.4. The predicted octanol–water partition coefficient (Wildman–Crippen LogP) is 4.75. The van der Waals surface area contributed by atoms with E-state index in [0.717, 1.165) is 12.1 Å². The molecule has 0 bridgehead atoms. The van der Waals surface area contributed by atoms with Crippen LogP contribution in [0.1, 0.15) is 36.2 Å². The van der Waals surface area contributed by atoms with E-state index in [0.29, 0.717) is 16.5 Å². The van der Waals surface area contributed by atoms with E-state index >= 15 is 0 Å². The van der Waals surface area contributed by atoms with Gasteiger partial charge >= 0.3 is 6.18 Å². The number of methoxy groups -OCH3 is 1. The lowest BCUT2D eigenvalue weighted by Gasteiger charge is -2.38. The standard InChI is InChI=1S/C24H27F4N3O3/c1-22(2,17-11-16(25)6-8-19(17)34-4)12-23(33,24(26,27)28)13-30-20-10-15-9-14(21(32)29-3)5-7-18(15)31-20/h5-11,30-31,33H,12-13H2,1-4H3,(H,29,32). The molecule has 184 valence electrons. The molecule has 1 atom stereocenters. The highest BCUT2D eigenvalue weighted by atomic mass is 19.4. The van der Waals surface area contributed by atoms with E-state index in [4.69, 9.17) is 4.74 Å². The van der Waals surface area contributed by atoms with Gasteiger partial charge in [0.25, 0.3) is 5.91 Å². The molecule has 0 spiro atoms. The van der Waals surface area contributed by atoms with Crippen LogP contribution < -0.4 is 15.4 Å². The fourth-order valence-electron chi connectivity index (χ4n) is 4.05. The van der Waals surface area contributed by atoms with Crippen LogP contribution in [0.15, 0.2) is 42.5 Å². The molecule has 3 aromatic rings. The van der Waals surface area contributed by atoms with Gasteiger partial charge in [0.05, 0.1) is 13.7 Å². The van der Waals surface area contributed by atoms with Crippen molar-refractivity contribution in [3.63, 3.8) is 0 Å². The van der Waals surface area contributed by atoms with Crippen molar-refractivity contribution in [2.75, 3.05) is 26.0 Å². The minimum atomic E-state index is -4.98. The summed E-state index contributed by atoms with van der Waals surface area (Å²) >= 11 is 0. The van der Waals surface area contributed by atoms with E-state index < -0.39 is 36.0 Å². The number of fused-ring (bicyclic) bond motifs is 1. The Morgan fingerprint density at radius 3 is 2.44 bits per heavy atom. The molecule has 1 unspecified atom stereocenters. The molecule has 0 aliphatic heterocycles. The zero-order chi connectivity index (χ0) is 25.3. The maximum absolute atomic E-state index is 14.1. The van der Waals surface area contributed by atoms with Crippen LogP contribution in [-0.2, 0) is 5.41 Å². The Morgan fingerprint density at radius 1 is 1.12 bits per heavy atom. The Hall–Kier alpha value is -3.27. The number of nitrogens with one attached hydrogen (secondary N) is 3. The lowest BCUT2D eigenvalue weighted by Crippen LogP contribution is -2.53. The fraction of sp³-hybridized carbons (Fsp3) is 0.375. The summed E-state index contributed by atoms with van der Waals surface area (Å²) in [7, 11) is 2.84. The Labute approximate surface area is 194 Å². The molecule has 1 amide bonds. The van der Waals surface area contributed by atoms with Crippen LogP contribution in [0.25, 0.3) is 10.9 Å². The van der Waals surface area contributed by atoms with Gasteiger partial charge in [0, 0.05) is 29.1 Å². The molecule has 34 heavy (non-hydrogen) atoms. The van der Waals surface area contributed by atoms with Gasteiger partial charge in [-0.25, -0.2) is 4.39 Å². The maximum Gasteiger partial charge on any atom is 0.418 e. The van der Waals surface area contributed by atoms with Gasteiger partial charge in [-0.05, 0) is 54.3 Å². The normalized spacial score (nSPS) is 14.0. The smallest absolute Gasteiger partial charge is 0.418 e. The summed E-state index contributed by atoms with van der Waals surface area (Å²) in [5.74, 6) is -0.440. The summed E-state index contributed by atoms with van der Waals surface area (Å²) < 4.78 is 61.2. The summed E-state index contributed by atoms with van der Waals surface area (Å²) in [6, 6.07) is 9.99. The lowest BCUT2D eigenvalue weighted by atomic mass is 9.74. The van der Waals surface area contributed by atoms with Crippen molar-refractivity contribution in [3.05, 3.63) is 59.4 Å². The lowest BCUT2D eigenvalue weighted by molar-refractivity contribution is -0.260. The first-order valence-corrected chi connectivity index (χ1v) is 10.5. The molecule has 4 N–H and O–H groups in total. The number of anilines is 1. The number of ether oxygens (including phenoxy) is 1. The van der Waals surface area contributed by atoms with Crippen molar-refractivity contribution in [2.24, 2.45) is 0 Å². The number of amides is 1. The van der Waals surface area contributed by atoms with Gasteiger partial charge in [0.2, 0.25) is 0 Å². The van der Waals surface area contributed by atoms with Crippen LogP contribution >= 0.6 is 0 Å². The van der Waals surface area contributed by atoms with Gasteiger partial charge in [-0.2, -0.15) is 13.2 Å². The summed E-state index contributed by atoms with van der Waals surface area (Å²) in [6.07, 6.45) is -5.73. The van der Waals surface area contributed by atoms with Crippen LogP contribution in [0, 0.1) is 5.82 Å². The van der Waals surface area contributed by atoms with Crippen LogP contribution in [0.4, 0.5) is 23.4 Å². The van der Waals surface area contributed by atoms with Gasteiger partial charge in [-0.3, -0.25) is 4.79 Å². The molecule has 2 aromatic carbocycles. The van der Waals surface area contributed by atoms with Crippen LogP contribution in [0.3, 0.4) is 0 Å². The second kappa shape index (κ2) is 9.17. The average Bonchev–Trinajstić information content (AvgIpc) is 3.18. The molecule has 1 aromatic heterocycles. The highest BCUT2D eigenvalue weighted by molar-refractivity contribution is 5.98. The molecule has 0 aliphatic rings. The van der Waals surface area contributed by atoms with E-state index in [1.54, 1.807) is 24.3 Å². The van der Waals surface area contributed by atoms with Crippen molar-refractivity contribution < 1.29 is 32.2 Å². The number of H-pyrrole nitrogens is 1. The first-order valence-electron chi connectivity index (χ1n) is 10.5.